The minimum Gasteiger partial charge on any atom is -0.496 e. The third kappa shape index (κ3) is 2.84. The van der Waals surface area contributed by atoms with Crippen LogP contribution in [0.5, 0.6) is 5.75 Å². The Hall–Kier alpha value is -2.29. The van der Waals surface area contributed by atoms with Crippen LogP contribution in [0.3, 0.4) is 0 Å². The first kappa shape index (κ1) is 14.6. The van der Waals surface area contributed by atoms with Crippen molar-refractivity contribution in [1.29, 1.82) is 0 Å². The molecule has 22 heavy (non-hydrogen) atoms. The number of rotatable bonds is 6. The van der Waals surface area contributed by atoms with Crippen molar-refractivity contribution in [1.82, 2.24) is 5.32 Å². The van der Waals surface area contributed by atoms with E-state index < -0.39 is 0 Å². The first-order valence-electron chi connectivity index (χ1n) is 7.72. The molecule has 1 aliphatic rings. The first-order chi connectivity index (χ1) is 10.8. The molecule has 3 heteroatoms. The number of carbonyl (C=O) groups is 1. The van der Waals surface area contributed by atoms with E-state index in [0.29, 0.717) is 6.54 Å². The molecule has 0 unspecified atom stereocenters. The fraction of sp³-hybridized carbons (Fsp3) is 0.316. The molecule has 3 rings (SSSR count). The molecule has 1 aliphatic carbocycles. The number of nitrogens with one attached hydrogen (secondary N) is 1. The van der Waals surface area contributed by atoms with Gasteiger partial charge in [-0.3, -0.25) is 4.79 Å². The predicted octanol–water partition coefficient (Wildman–Crippen LogP) is 3.09. The molecule has 1 amide bonds. The van der Waals surface area contributed by atoms with Crippen molar-refractivity contribution in [3.8, 4) is 5.75 Å². The molecule has 1 saturated carbocycles. The monoisotopic (exact) mass is 295 g/mol. The van der Waals surface area contributed by atoms with Gasteiger partial charge in [0.1, 0.15) is 5.75 Å². The van der Waals surface area contributed by atoms with Gasteiger partial charge in [-0.1, -0.05) is 48.5 Å². The highest BCUT2D eigenvalue weighted by atomic mass is 16.5. The van der Waals surface area contributed by atoms with Gasteiger partial charge in [0.15, 0.2) is 0 Å². The third-order valence-corrected chi connectivity index (χ3v) is 4.38. The van der Waals surface area contributed by atoms with Crippen LogP contribution < -0.4 is 10.1 Å². The SMILES string of the molecule is COc1ccccc1CCNC(=O)C1(c2ccccc2)CC1. The summed E-state index contributed by atoms with van der Waals surface area (Å²) in [5.41, 5.74) is 1.96. The van der Waals surface area contributed by atoms with Gasteiger partial charge in [-0.25, -0.2) is 0 Å². The van der Waals surface area contributed by atoms with Gasteiger partial charge in [-0.2, -0.15) is 0 Å². The molecule has 0 heterocycles. The summed E-state index contributed by atoms with van der Waals surface area (Å²) in [4.78, 5) is 12.5. The number of carbonyl (C=O) groups excluding carboxylic acids is 1. The second-order valence-corrected chi connectivity index (χ2v) is 5.77. The molecule has 0 saturated heterocycles. The smallest absolute Gasteiger partial charge is 0.230 e. The Balaban J connectivity index is 1.59. The molecule has 0 spiro atoms. The Morgan fingerprint density at radius 1 is 1.09 bits per heavy atom. The van der Waals surface area contributed by atoms with Crippen molar-refractivity contribution in [3.05, 3.63) is 65.7 Å². The van der Waals surface area contributed by atoms with E-state index in [4.69, 9.17) is 4.74 Å². The molecular formula is C19H21NO2. The van der Waals surface area contributed by atoms with Crippen LogP contribution >= 0.6 is 0 Å². The van der Waals surface area contributed by atoms with E-state index in [9.17, 15) is 4.79 Å². The standard InChI is InChI=1S/C19H21NO2/c1-22-17-10-6-5-7-15(17)11-14-20-18(21)19(12-13-19)16-8-3-2-4-9-16/h2-10H,11-14H2,1H3,(H,20,21). The summed E-state index contributed by atoms with van der Waals surface area (Å²) in [6, 6.07) is 18.0. The summed E-state index contributed by atoms with van der Waals surface area (Å²) >= 11 is 0. The predicted molar refractivity (Wildman–Crippen MR) is 87.1 cm³/mol. The van der Waals surface area contributed by atoms with E-state index in [-0.39, 0.29) is 11.3 Å². The summed E-state index contributed by atoms with van der Waals surface area (Å²) in [6.45, 7) is 0.633. The van der Waals surface area contributed by atoms with E-state index >= 15 is 0 Å². The maximum atomic E-state index is 12.5. The third-order valence-electron chi connectivity index (χ3n) is 4.38. The molecule has 2 aromatic rings. The lowest BCUT2D eigenvalue weighted by Crippen LogP contribution is -2.35. The zero-order chi connectivity index (χ0) is 15.4. The quantitative estimate of drug-likeness (QED) is 0.889. The zero-order valence-corrected chi connectivity index (χ0v) is 12.8. The van der Waals surface area contributed by atoms with Crippen molar-refractivity contribution in [2.75, 3.05) is 13.7 Å². The van der Waals surface area contributed by atoms with E-state index in [0.717, 1.165) is 36.1 Å². The summed E-state index contributed by atoms with van der Waals surface area (Å²) in [7, 11) is 1.67. The number of amides is 1. The number of methoxy groups -OCH3 is 1. The fourth-order valence-corrected chi connectivity index (χ4v) is 2.92. The second kappa shape index (κ2) is 6.22. The van der Waals surface area contributed by atoms with Crippen molar-refractivity contribution < 1.29 is 9.53 Å². The van der Waals surface area contributed by atoms with Gasteiger partial charge in [0.05, 0.1) is 12.5 Å². The minimum absolute atomic E-state index is 0.147. The maximum Gasteiger partial charge on any atom is 0.230 e. The van der Waals surface area contributed by atoms with Gasteiger partial charge < -0.3 is 10.1 Å². The van der Waals surface area contributed by atoms with Crippen LogP contribution in [0.15, 0.2) is 54.6 Å². The van der Waals surface area contributed by atoms with Gasteiger partial charge in [0.2, 0.25) is 5.91 Å². The molecule has 2 aromatic carbocycles. The van der Waals surface area contributed by atoms with Crippen LogP contribution in [0.4, 0.5) is 0 Å². The first-order valence-corrected chi connectivity index (χ1v) is 7.72. The van der Waals surface area contributed by atoms with Gasteiger partial charge in [0.25, 0.3) is 0 Å². The minimum atomic E-state index is -0.290. The fourth-order valence-electron chi connectivity index (χ4n) is 2.92. The lowest BCUT2D eigenvalue weighted by molar-refractivity contribution is -0.123. The molecular weight excluding hydrogens is 274 g/mol. The molecule has 0 radical (unpaired) electrons. The number of ether oxygens (including phenoxy) is 1. The van der Waals surface area contributed by atoms with Crippen LogP contribution in [0, 0.1) is 0 Å². The maximum absolute atomic E-state index is 12.5. The summed E-state index contributed by atoms with van der Waals surface area (Å²) < 4.78 is 5.34. The highest BCUT2D eigenvalue weighted by Gasteiger charge is 2.50. The van der Waals surface area contributed by atoms with Gasteiger partial charge in [0, 0.05) is 6.54 Å². The highest BCUT2D eigenvalue weighted by molar-refractivity contribution is 5.91. The van der Waals surface area contributed by atoms with Crippen LogP contribution in [0.25, 0.3) is 0 Å². The summed E-state index contributed by atoms with van der Waals surface area (Å²) in [6.07, 6.45) is 2.66. The number of benzene rings is 2. The molecule has 0 aromatic heterocycles. The molecule has 114 valence electrons. The Bertz CT molecular complexity index is 647. The van der Waals surface area contributed by atoms with Crippen molar-refractivity contribution >= 4 is 5.91 Å². The van der Waals surface area contributed by atoms with Crippen LogP contribution in [0.2, 0.25) is 0 Å². The van der Waals surface area contributed by atoms with Gasteiger partial charge >= 0.3 is 0 Å². The Morgan fingerprint density at radius 2 is 1.77 bits per heavy atom. The number of hydrogen-bond acceptors (Lipinski definition) is 2. The van der Waals surface area contributed by atoms with Crippen LogP contribution in [-0.2, 0) is 16.6 Å². The summed E-state index contributed by atoms with van der Waals surface area (Å²) in [5, 5.41) is 3.09. The molecule has 3 nitrogen and oxygen atoms in total. The summed E-state index contributed by atoms with van der Waals surface area (Å²) in [5.74, 6) is 1.02. The second-order valence-electron chi connectivity index (χ2n) is 5.77. The molecule has 0 atom stereocenters. The van der Waals surface area contributed by atoms with Crippen molar-refractivity contribution in [2.24, 2.45) is 0 Å². The van der Waals surface area contributed by atoms with Gasteiger partial charge in [-0.15, -0.1) is 0 Å². The van der Waals surface area contributed by atoms with Gasteiger partial charge in [-0.05, 0) is 36.5 Å². The van der Waals surface area contributed by atoms with E-state index in [2.05, 4.69) is 5.32 Å². The Morgan fingerprint density at radius 3 is 2.45 bits per heavy atom. The normalized spacial score (nSPS) is 15.1. The topological polar surface area (TPSA) is 38.3 Å². The Kier molecular flexibility index (Phi) is 4.14. The Labute approximate surface area is 131 Å². The average molecular weight is 295 g/mol. The lowest BCUT2D eigenvalue weighted by Gasteiger charge is -2.16. The van der Waals surface area contributed by atoms with Crippen molar-refractivity contribution in [2.45, 2.75) is 24.7 Å². The van der Waals surface area contributed by atoms with Crippen molar-refractivity contribution in [3.63, 3.8) is 0 Å². The molecule has 1 N–H and O–H groups in total. The van der Waals surface area contributed by atoms with E-state index in [1.807, 2.05) is 54.6 Å². The highest BCUT2D eigenvalue weighted by Crippen LogP contribution is 2.48. The van der Waals surface area contributed by atoms with E-state index in [1.54, 1.807) is 7.11 Å². The molecule has 0 aliphatic heterocycles. The van der Waals surface area contributed by atoms with Crippen LogP contribution in [-0.4, -0.2) is 19.6 Å². The average Bonchev–Trinajstić information content (AvgIpc) is 3.38. The zero-order valence-electron chi connectivity index (χ0n) is 12.8. The largest absolute Gasteiger partial charge is 0.496 e. The van der Waals surface area contributed by atoms with Crippen LogP contribution in [0.1, 0.15) is 24.0 Å². The molecule has 0 bridgehead atoms. The lowest BCUT2D eigenvalue weighted by atomic mass is 9.95. The number of para-hydroxylation sites is 1. The van der Waals surface area contributed by atoms with E-state index in [1.165, 1.54) is 0 Å². The number of hydrogen-bond donors (Lipinski definition) is 1. The molecule has 1 fully saturated rings.